The molecule has 0 heterocycles. The number of methoxy groups -OCH3 is 2. The molecule has 0 amide bonds. The number of hydrogen-bond donors (Lipinski definition) is 0. The molecule has 0 spiro atoms. The predicted molar refractivity (Wildman–Crippen MR) is 164 cm³/mol. The van der Waals surface area contributed by atoms with Crippen molar-refractivity contribution >= 4 is 87.9 Å². The summed E-state index contributed by atoms with van der Waals surface area (Å²) in [6.45, 7) is 0. The highest BCUT2D eigenvalue weighted by molar-refractivity contribution is 14.1. The summed E-state index contributed by atoms with van der Waals surface area (Å²) in [4.78, 5) is 23.4. The van der Waals surface area contributed by atoms with Gasteiger partial charge in [0.2, 0.25) is 0 Å². The number of esters is 2. The minimum absolute atomic E-state index is 0.305. The predicted octanol–water partition coefficient (Wildman–Crippen LogP) is 9.05. The molecular formula is C30H21Br2IO4. The molecule has 37 heavy (non-hydrogen) atoms. The fourth-order valence-corrected chi connectivity index (χ4v) is 5.35. The first-order chi connectivity index (χ1) is 17.8. The molecule has 5 rings (SSSR count). The topological polar surface area (TPSA) is 52.6 Å². The van der Waals surface area contributed by atoms with Crippen molar-refractivity contribution in [1.29, 1.82) is 0 Å². The molecule has 7 heteroatoms. The lowest BCUT2D eigenvalue weighted by atomic mass is 9.92. The summed E-state index contributed by atoms with van der Waals surface area (Å²) in [5, 5.41) is 4.71. The zero-order valence-corrected chi connectivity index (χ0v) is 25.3. The van der Waals surface area contributed by atoms with Gasteiger partial charge in [0.05, 0.1) is 25.3 Å². The molecule has 0 aliphatic rings. The first-order valence-corrected chi connectivity index (χ1v) is 13.8. The Bertz CT molecular complexity index is 1630. The van der Waals surface area contributed by atoms with Gasteiger partial charge in [0.1, 0.15) is 0 Å². The number of benzene rings is 5. The Morgan fingerprint density at radius 2 is 1.24 bits per heavy atom. The molecule has 0 saturated carbocycles. The van der Waals surface area contributed by atoms with Crippen molar-refractivity contribution in [2.24, 2.45) is 0 Å². The molecule has 0 aliphatic heterocycles. The molecule has 0 aromatic heterocycles. The van der Waals surface area contributed by atoms with E-state index < -0.39 is 0 Å². The Morgan fingerprint density at radius 1 is 0.622 bits per heavy atom. The minimum atomic E-state index is -0.339. The Kier molecular flexibility index (Phi) is 9.00. The van der Waals surface area contributed by atoms with Crippen LogP contribution in [0, 0.1) is 3.57 Å². The van der Waals surface area contributed by atoms with Crippen molar-refractivity contribution in [2.45, 2.75) is 0 Å². The summed E-state index contributed by atoms with van der Waals surface area (Å²) in [5.74, 6) is -0.644. The third-order valence-electron chi connectivity index (χ3n) is 5.80. The Morgan fingerprint density at radius 3 is 1.97 bits per heavy atom. The van der Waals surface area contributed by atoms with Crippen LogP contribution in [0.15, 0.2) is 99.9 Å². The fourth-order valence-electron chi connectivity index (χ4n) is 4.07. The summed E-state index contributed by atoms with van der Waals surface area (Å²) in [6, 6.07) is 30.0. The molecule has 0 fully saturated rings. The Hall–Kier alpha value is -2.75. The number of hydrogen-bond acceptors (Lipinski definition) is 4. The van der Waals surface area contributed by atoms with Crippen LogP contribution in [-0.2, 0) is 9.47 Å². The van der Waals surface area contributed by atoms with Gasteiger partial charge in [-0.05, 0) is 85.6 Å². The van der Waals surface area contributed by atoms with Crippen LogP contribution in [0.4, 0.5) is 0 Å². The fraction of sp³-hybridized carbons (Fsp3) is 0.0667. The van der Waals surface area contributed by atoms with E-state index in [-0.39, 0.29) is 11.9 Å². The molecule has 4 nitrogen and oxygen atoms in total. The van der Waals surface area contributed by atoms with E-state index >= 15 is 0 Å². The van der Waals surface area contributed by atoms with E-state index in [1.165, 1.54) is 30.4 Å². The number of carbonyl (C=O) groups is 2. The molecule has 0 saturated heterocycles. The highest BCUT2D eigenvalue weighted by atomic mass is 127. The lowest BCUT2D eigenvalue weighted by molar-refractivity contribution is 0.0591. The van der Waals surface area contributed by atoms with Crippen molar-refractivity contribution in [3.05, 3.63) is 115 Å². The van der Waals surface area contributed by atoms with Crippen LogP contribution >= 0.6 is 54.5 Å². The van der Waals surface area contributed by atoms with Crippen molar-refractivity contribution in [1.82, 2.24) is 0 Å². The van der Waals surface area contributed by atoms with Gasteiger partial charge in [-0.3, -0.25) is 0 Å². The average molecular weight is 732 g/mol. The first-order valence-electron chi connectivity index (χ1n) is 11.2. The van der Waals surface area contributed by atoms with E-state index in [2.05, 4.69) is 89.5 Å². The number of carbonyl (C=O) groups excluding carboxylic acids is 2. The van der Waals surface area contributed by atoms with Crippen LogP contribution in [-0.4, -0.2) is 26.2 Å². The first kappa shape index (κ1) is 27.3. The highest BCUT2D eigenvalue weighted by Crippen LogP contribution is 2.35. The summed E-state index contributed by atoms with van der Waals surface area (Å²) < 4.78 is 12.2. The van der Waals surface area contributed by atoms with Crippen molar-refractivity contribution in [3.8, 4) is 11.1 Å². The smallest absolute Gasteiger partial charge is 0.338 e. The zero-order valence-electron chi connectivity index (χ0n) is 19.9. The molecule has 5 aromatic carbocycles. The van der Waals surface area contributed by atoms with Gasteiger partial charge in [-0.2, -0.15) is 0 Å². The average Bonchev–Trinajstić information content (AvgIpc) is 2.93. The van der Waals surface area contributed by atoms with Crippen LogP contribution in [0.2, 0.25) is 0 Å². The second-order valence-electron chi connectivity index (χ2n) is 7.98. The van der Waals surface area contributed by atoms with Crippen molar-refractivity contribution in [2.75, 3.05) is 14.2 Å². The third-order valence-corrected chi connectivity index (χ3v) is 7.72. The second-order valence-corrected chi connectivity index (χ2v) is 11.0. The van der Waals surface area contributed by atoms with Gasteiger partial charge in [-0.15, -0.1) is 0 Å². The van der Waals surface area contributed by atoms with Crippen LogP contribution < -0.4 is 0 Å². The SMILES string of the molecule is COC(=O)c1cc(Br)ccc1-c1cccc2c1ccc1ccccc12.COC(=O)c1cc(Br)ccc1I. The van der Waals surface area contributed by atoms with E-state index in [0.717, 1.165) is 29.0 Å². The maximum absolute atomic E-state index is 12.3. The maximum Gasteiger partial charge on any atom is 0.338 e. The van der Waals surface area contributed by atoms with Gasteiger partial charge in [0.15, 0.2) is 0 Å². The quantitative estimate of drug-likeness (QED) is 0.106. The summed E-state index contributed by atoms with van der Waals surface area (Å²) in [7, 11) is 2.78. The molecule has 0 radical (unpaired) electrons. The van der Waals surface area contributed by atoms with Crippen molar-refractivity contribution < 1.29 is 19.1 Å². The second kappa shape index (κ2) is 12.2. The van der Waals surface area contributed by atoms with Crippen LogP contribution in [0.5, 0.6) is 0 Å². The van der Waals surface area contributed by atoms with E-state index in [1.54, 1.807) is 12.1 Å². The number of halogens is 3. The van der Waals surface area contributed by atoms with Crippen molar-refractivity contribution in [3.63, 3.8) is 0 Å². The molecule has 5 aromatic rings. The summed E-state index contributed by atoms with van der Waals surface area (Å²) >= 11 is 8.82. The van der Waals surface area contributed by atoms with Gasteiger partial charge in [-0.25, -0.2) is 9.59 Å². The van der Waals surface area contributed by atoms with Crippen LogP contribution in [0.1, 0.15) is 20.7 Å². The van der Waals surface area contributed by atoms with Gasteiger partial charge >= 0.3 is 11.9 Å². The lowest BCUT2D eigenvalue weighted by Gasteiger charge is -2.13. The summed E-state index contributed by atoms with van der Waals surface area (Å²) in [5.41, 5.74) is 3.04. The molecule has 0 atom stereocenters. The normalized spacial score (nSPS) is 10.5. The van der Waals surface area contributed by atoms with E-state index in [0.29, 0.717) is 11.1 Å². The Balaban J connectivity index is 0.000000225. The molecule has 186 valence electrons. The molecule has 0 bridgehead atoms. The monoisotopic (exact) mass is 730 g/mol. The van der Waals surface area contributed by atoms with Gasteiger partial charge in [-0.1, -0.05) is 92.5 Å². The third kappa shape index (κ3) is 6.05. The molecule has 0 unspecified atom stereocenters. The number of fused-ring (bicyclic) bond motifs is 3. The molecule has 0 aliphatic carbocycles. The van der Waals surface area contributed by atoms with E-state index in [9.17, 15) is 9.59 Å². The highest BCUT2D eigenvalue weighted by Gasteiger charge is 2.16. The largest absolute Gasteiger partial charge is 0.465 e. The van der Waals surface area contributed by atoms with Gasteiger partial charge in [0, 0.05) is 12.5 Å². The minimum Gasteiger partial charge on any atom is -0.465 e. The number of ether oxygens (including phenoxy) is 2. The summed E-state index contributed by atoms with van der Waals surface area (Å²) in [6.07, 6.45) is 0. The molecular weight excluding hydrogens is 711 g/mol. The van der Waals surface area contributed by atoms with Crippen LogP contribution in [0.25, 0.3) is 32.7 Å². The van der Waals surface area contributed by atoms with Crippen LogP contribution in [0.3, 0.4) is 0 Å². The van der Waals surface area contributed by atoms with E-state index in [1.807, 2.05) is 48.5 Å². The van der Waals surface area contributed by atoms with Gasteiger partial charge < -0.3 is 9.47 Å². The molecule has 0 N–H and O–H groups in total. The maximum atomic E-state index is 12.3. The Labute approximate surface area is 245 Å². The van der Waals surface area contributed by atoms with E-state index in [4.69, 9.17) is 4.74 Å². The number of rotatable bonds is 3. The van der Waals surface area contributed by atoms with Gasteiger partial charge in [0.25, 0.3) is 0 Å². The lowest BCUT2D eigenvalue weighted by Crippen LogP contribution is -2.03. The zero-order chi connectivity index (χ0) is 26.5. The standard InChI is InChI=1S/C22H15BrO2.C8H6BrIO2/c1-25-22(24)21-13-15(23)10-12-20(21)18-8-4-7-17-16-6-3-2-5-14(16)9-11-19(17)18;1-12-8(11)6-4-5(9)2-3-7(6)10/h2-13H,1H3;2-4H,1H3.